The molecule has 1 amide bonds. The van der Waals surface area contributed by atoms with E-state index in [9.17, 15) is 14.4 Å². The zero-order valence-electron chi connectivity index (χ0n) is 11.8. The molecule has 2 unspecified atom stereocenters. The predicted molar refractivity (Wildman–Crippen MR) is 75.1 cm³/mol. The molecule has 1 saturated heterocycles. The van der Waals surface area contributed by atoms with E-state index in [0.717, 1.165) is 10.5 Å². The molecule has 2 N–H and O–H groups in total. The van der Waals surface area contributed by atoms with E-state index in [0.29, 0.717) is 0 Å². The Morgan fingerprint density at radius 3 is 2.09 bits per heavy atom. The summed E-state index contributed by atoms with van der Waals surface area (Å²) in [6.45, 7) is -0.00881. The lowest BCUT2D eigenvalue weighted by atomic mass is 9.89. The van der Waals surface area contributed by atoms with Crippen LogP contribution in [0.3, 0.4) is 0 Å². The lowest BCUT2D eigenvalue weighted by Crippen LogP contribution is -2.48. The summed E-state index contributed by atoms with van der Waals surface area (Å²) in [5.41, 5.74) is 0.803. The maximum atomic E-state index is 12.0. The number of rotatable bonds is 4. The topological polar surface area (TPSA) is 104 Å². The van der Waals surface area contributed by atoms with E-state index in [4.69, 9.17) is 14.9 Å². The monoisotopic (exact) mass is 307 g/mol. The van der Waals surface area contributed by atoms with Gasteiger partial charge in [-0.15, -0.1) is 0 Å². The van der Waals surface area contributed by atoms with Crippen LogP contribution >= 0.6 is 0 Å². The van der Waals surface area contributed by atoms with Crippen molar-refractivity contribution in [2.75, 3.05) is 13.1 Å². The number of carboxylic acids is 2. The molecule has 22 heavy (non-hydrogen) atoms. The lowest BCUT2D eigenvalue weighted by Gasteiger charge is -2.33. The second-order valence-corrected chi connectivity index (χ2v) is 5.25. The molecule has 0 saturated carbocycles. The first-order valence-electron chi connectivity index (χ1n) is 6.88. The third-order valence-corrected chi connectivity index (χ3v) is 3.61. The van der Waals surface area contributed by atoms with Crippen molar-refractivity contribution < 1.29 is 29.3 Å². The number of ether oxygens (including phenoxy) is 1. The summed E-state index contributed by atoms with van der Waals surface area (Å²) in [6.07, 6.45) is -0.673. The predicted octanol–water partition coefficient (Wildman–Crippen LogP) is 1.43. The molecule has 0 radical (unpaired) electrons. The molecule has 1 aromatic carbocycles. The number of carbonyl (C=O) groups excluding carboxylic acids is 1. The fourth-order valence-corrected chi connectivity index (χ4v) is 2.42. The highest BCUT2D eigenvalue weighted by Crippen LogP contribution is 2.23. The zero-order chi connectivity index (χ0) is 16.1. The first-order chi connectivity index (χ1) is 10.5. The molecule has 2 atom stereocenters. The number of aliphatic carboxylic acids is 2. The molecule has 1 fully saturated rings. The van der Waals surface area contributed by atoms with Gasteiger partial charge in [0.05, 0.1) is 11.8 Å². The van der Waals surface area contributed by atoms with Crippen LogP contribution < -0.4 is 0 Å². The number of carboxylic acid groups (broad SMARTS) is 2. The van der Waals surface area contributed by atoms with Gasteiger partial charge in [-0.25, -0.2) is 4.79 Å². The van der Waals surface area contributed by atoms with Gasteiger partial charge < -0.3 is 19.8 Å². The van der Waals surface area contributed by atoms with Crippen molar-refractivity contribution in [3.8, 4) is 0 Å². The molecule has 7 nitrogen and oxygen atoms in total. The first-order valence-corrected chi connectivity index (χ1v) is 6.88. The Kier molecular flexibility index (Phi) is 4.98. The van der Waals surface area contributed by atoms with Crippen molar-refractivity contribution in [1.29, 1.82) is 0 Å². The number of nitrogens with zero attached hydrogens (tertiary/aromatic N) is 1. The Labute approximate surface area is 127 Å². The van der Waals surface area contributed by atoms with Crippen molar-refractivity contribution in [2.24, 2.45) is 11.8 Å². The summed E-state index contributed by atoms with van der Waals surface area (Å²) < 4.78 is 5.12. The van der Waals surface area contributed by atoms with Crippen LogP contribution in [0.5, 0.6) is 0 Å². The number of piperidine rings is 1. The van der Waals surface area contributed by atoms with E-state index >= 15 is 0 Å². The second-order valence-electron chi connectivity index (χ2n) is 5.25. The Morgan fingerprint density at radius 2 is 1.59 bits per heavy atom. The highest BCUT2D eigenvalue weighted by Gasteiger charge is 2.37. The van der Waals surface area contributed by atoms with Gasteiger partial charge >= 0.3 is 18.0 Å². The first kappa shape index (κ1) is 15.8. The van der Waals surface area contributed by atoms with Crippen LogP contribution in [0.15, 0.2) is 30.3 Å². The highest BCUT2D eigenvalue weighted by atomic mass is 16.6. The largest absolute Gasteiger partial charge is 0.481 e. The quantitative estimate of drug-likeness (QED) is 0.872. The number of likely N-dealkylation sites (tertiary alicyclic amines) is 1. The summed E-state index contributed by atoms with van der Waals surface area (Å²) in [5, 5.41) is 18.1. The molecule has 0 spiro atoms. The molecule has 0 aromatic heterocycles. The third kappa shape index (κ3) is 3.97. The van der Waals surface area contributed by atoms with E-state index in [1.807, 2.05) is 18.2 Å². The lowest BCUT2D eigenvalue weighted by molar-refractivity contribution is -0.149. The van der Waals surface area contributed by atoms with Crippen molar-refractivity contribution in [2.45, 2.75) is 13.0 Å². The zero-order valence-corrected chi connectivity index (χ0v) is 11.8. The molecule has 1 aliphatic heterocycles. The van der Waals surface area contributed by atoms with Crippen molar-refractivity contribution in [3.63, 3.8) is 0 Å². The molecule has 0 bridgehead atoms. The minimum atomic E-state index is -1.10. The standard InChI is InChI=1S/C15H17NO6/c17-13(18)11-6-12(14(19)20)8-16(7-11)15(21)22-9-10-4-2-1-3-5-10/h1-5,11-12H,6-9H2,(H,17,18)(H,19,20). The molecule has 118 valence electrons. The fourth-order valence-electron chi connectivity index (χ4n) is 2.42. The molecular formula is C15H17NO6. The summed E-state index contributed by atoms with van der Waals surface area (Å²) in [4.78, 5) is 35.4. The second kappa shape index (κ2) is 6.93. The van der Waals surface area contributed by atoms with Crippen molar-refractivity contribution in [3.05, 3.63) is 35.9 Å². The van der Waals surface area contributed by atoms with E-state index in [-0.39, 0.29) is 26.1 Å². The molecule has 1 heterocycles. The van der Waals surface area contributed by atoms with Crippen LogP contribution in [0.1, 0.15) is 12.0 Å². The average Bonchev–Trinajstić information content (AvgIpc) is 2.53. The number of carbonyl (C=O) groups is 3. The maximum absolute atomic E-state index is 12.0. The number of amides is 1. The van der Waals surface area contributed by atoms with E-state index < -0.39 is 29.9 Å². The van der Waals surface area contributed by atoms with Crippen LogP contribution in [0.2, 0.25) is 0 Å². The number of hydrogen-bond acceptors (Lipinski definition) is 4. The molecular weight excluding hydrogens is 290 g/mol. The van der Waals surface area contributed by atoms with Crippen molar-refractivity contribution in [1.82, 2.24) is 4.90 Å². The smallest absolute Gasteiger partial charge is 0.410 e. The van der Waals surface area contributed by atoms with E-state index in [1.54, 1.807) is 12.1 Å². The van der Waals surface area contributed by atoms with Gasteiger partial charge in [-0.2, -0.15) is 0 Å². The van der Waals surface area contributed by atoms with E-state index in [2.05, 4.69) is 0 Å². The van der Waals surface area contributed by atoms with Gasteiger partial charge in [0.25, 0.3) is 0 Å². The minimum Gasteiger partial charge on any atom is -0.481 e. The summed E-state index contributed by atoms with van der Waals surface area (Å²) in [6, 6.07) is 9.05. The molecule has 1 aliphatic rings. The van der Waals surface area contributed by atoms with Gasteiger partial charge in [-0.3, -0.25) is 9.59 Å². The van der Waals surface area contributed by atoms with Crippen LogP contribution in [0, 0.1) is 11.8 Å². The Hall–Kier alpha value is -2.57. The number of benzene rings is 1. The minimum absolute atomic E-state index is 0.0210. The van der Waals surface area contributed by atoms with Crippen LogP contribution in [0.25, 0.3) is 0 Å². The maximum Gasteiger partial charge on any atom is 0.410 e. The van der Waals surface area contributed by atoms with Gasteiger partial charge in [0.1, 0.15) is 6.61 Å². The van der Waals surface area contributed by atoms with Gasteiger partial charge in [0.15, 0.2) is 0 Å². The Balaban J connectivity index is 1.98. The summed E-state index contributed by atoms with van der Waals surface area (Å²) in [7, 11) is 0. The normalized spacial score (nSPS) is 21.2. The summed E-state index contributed by atoms with van der Waals surface area (Å²) >= 11 is 0. The Bertz CT molecular complexity index is 536. The molecule has 7 heteroatoms. The van der Waals surface area contributed by atoms with Gasteiger partial charge in [0.2, 0.25) is 0 Å². The van der Waals surface area contributed by atoms with Crippen LogP contribution in [-0.2, 0) is 20.9 Å². The van der Waals surface area contributed by atoms with Crippen molar-refractivity contribution >= 4 is 18.0 Å². The number of hydrogen-bond donors (Lipinski definition) is 2. The SMILES string of the molecule is O=C(O)C1CC(C(=O)O)CN(C(=O)OCc2ccccc2)C1. The van der Waals surface area contributed by atoms with Gasteiger partial charge in [-0.1, -0.05) is 30.3 Å². The Morgan fingerprint density at radius 1 is 1.05 bits per heavy atom. The van der Waals surface area contributed by atoms with Gasteiger partial charge in [0, 0.05) is 13.1 Å². The summed E-state index contributed by atoms with van der Waals surface area (Å²) in [5.74, 6) is -3.99. The van der Waals surface area contributed by atoms with E-state index in [1.165, 1.54) is 0 Å². The molecule has 0 aliphatic carbocycles. The fraction of sp³-hybridized carbons (Fsp3) is 0.400. The highest BCUT2D eigenvalue weighted by molar-refractivity contribution is 5.77. The molecule has 1 aromatic rings. The molecule has 2 rings (SSSR count). The third-order valence-electron chi connectivity index (χ3n) is 3.61. The van der Waals surface area contributed by atoms with Crippen LogP contribution in [-0.4, -0.2) is 46.2 Å². The van der Waals surface area contributed by atoms with Gasteiger partial charge in [-0.05, 0) is 12.0 Å². The van der Waals surface area contributed by atoms with Crippen LogP contribution in [0.4, 0.5) is 4.79 Å². The average molecular weight is 307 g/mol.